The van der Waals surface area contributed by atoms with Crippen LogP contribution in [0.3, 0.4) is 0 Å². The highest BCUT2D eigenvalue weighted by atomic mass is 16.5. The van der Waals surface area contributed by atoms with Crippen LogP contribution in [-0.4, -0.2) is 54.7 Å². The molecule has 2 saturated heterocycles. The fourth-order valence-corrected chi connectivity index (χ4v) is 4.41. The minimum absolute atomic E-state index is 0.105. The third kappa shape index (κ3) is 3.60. The lowest BCUT2D eigenvalue weighted by Gasteiger charge is -2.46. The monoisotopic (exact) mass is 394 g/mol. The Morgan fingerprint density at radius 3 is 2.72 bits per heavy atom. The summed E-state index contributed by atoms with van der Waals surface area (Å²) in [6.45, 7) is 1.34. The molecule has 1 spiro atoms. The molecular formula is C23H26N2O4. The predicted molar refractivity (Wildman–Crippen MR) is 110 cm³/mol. The minimum atomic E-state index is -0.882. The normalized spacial score (nSPS) is 24.3. The number of rotatable bonds is 3. The van der Waals surface area contributed by atoms with Crippen molar-refractivity contribution >= 4 is 11.8 Å². The van der Waals surface area contributed by atoms with Gasteiger partial charge in [-0.2, -0.15) is 0 Å². The summed E-state index contributed by atoms with van der Waals surface area (Å²) in [5.74, 6) is 0.541. The van der Waals surface area contributed by atoms with Crippen molar-refractivity contribution in [2.75, 3.05) is 26.7 Å². The maximum atomic E-state index is 13.1. The molecule has 29 heavy (non-hydrogen) atoms. The van der Waals surface area contributed by atoms with Gasteiger partial charge in [0, 0.05) is 25.2 Å². The van der Waals surface area contributed by atoms with Crippen LogP contribution in [0.4, 0.5) is 0 Å². The van der Waals surface area contributed by atoms with Gasteiger partial charge in [0.05, 0.1) is 18.6 Å². The van der Waals surface area contributed by atoms with E-state index in [2.05, 4.69) is 5.32 Å². The number of amides is 2. The summed E-state index contributed by atoms with van der Waals surface area (Å²) in [4.78, 5) is 27.3. The summed E-state index contributed by atoms with van der Waals surface area (Å²) >= 11 is 0. The second kappa shape index (κ2) is 7.87. The first-order chi connectivity index (χ1) is 14.0. The summed E-state index contributed by atoms with van der Waals surface area (Å²) in [6.07, 6.45) is 1.14. The zero-order valence-electron chi connectivity index (χ0n) is 16.6. The lowest BCUT2D eigenvalue weighted by molar-refractivity contribution is -0.147. The molecule has 0 radical (unpaired) electrons. The molecule has 2 fully saturated rings. The Kier molecular flexibility index (Phi) is 5.28. The first kappa shape index (κ1) is 19.5. The molecular weight excluding hydrogens is 368 g/mol. The van der Waals surface area contributed by atoms with Crippen molar-refractivity contribution in [1.29, 1.82) is 0 Å². The predicted octanol–water partition coefficient (Wildman–Crippen LogP) is 2.47. The smallest absolute Gasteiger partial charge is 0.253 e. The van der Waals surface area contributed by atoms with E-state index in [1.807, 2.05) is 48.5 Å². The molecule has 2 aromatic rings. The average molecular weight is 394 g/mol. The van der Waals surface area contributed by atoms with Crippen LogP contribution < -0.4 is 10.1 Å². The van der Waals surface area contributed by atoms with Gasteiger partial charge in [-0.25, -0.2) is 0 Å². The fraction of sp³-hybridized carbons (Fsp3) is 0.391. The van der Waals surface area contributed by atoms with Crippen molar-refractivity contribution in [3.63, 3.8) is 0 Å². The van der Waals surface area contributed by atoms with Gasteiger partial charge in [0.25, 0.3) is 5.91 Å². The SMILES string of the molecule is COc1cccc(-c2ccc(C(=O)N3CC[C@H](O)[C@@]4(CCCNC4=O)C3)cc2)c1. The number of aliphatic hydroxyl groups is 1. The van der Waals surface area contributed by atoms with Crippen LogP contribution in [0.25, 0.3) is 11.1 Å². The molecule has 2 aliphatic heterocycles. The summed E-state index contributed by atoms with van der Waals surface area (Å²) in [5.41, 5.74) is 1.71. The van der Waals surface area contributed by atoms with Gasteiger partial charge in [0.15, 0.2) is 0 Å². The molecule has 2 aliphatic rings. The van der Waals surface area contributed by atoms with E-state index in [1.165, 1.54) is 0 Å². The Bertz CT molecular complexity index is 911. The van der Waals surface area contributed by atoms with E-state index in [4.69, 9.17) is 4.74 Å². The number of nitrogens with zero attached hydrogens (tertiary/aromatic N) is 1. The Hall–Kier alpha value is -2.86. The summed E-state index contributed by atoms with van der Waals surface area (Å²) in [5, 5.41) is 13.4. The Balaban J connectivity index is 1.53. The zero-order chi connectivity index (χ0) is 20.4. The summed E-state index contributed by atoms with van der Waals surface area (Å²) in [7, 11) is 1.63. The highest BCUT2D eigenvalue weighted by Crippen LogP contribution is 2.37. The van der Waals surface area contributed by atoms with Crippen LogP contribution in [0.15, 0.2) is 48.5 Å². The molecule has 2 aromatic carbocycles. The van der Waals surface area contributed by atoms with Gasteiger partial charge in [-0.15, -0.1) is 0 Å². The van der Waals surface area contributed by atoms with E-state index in [-0.39, 0.29) is 18.4 Å². The molecule has 2 N–H and O–H groups in total. The fourth-order valence-electron chi connectivity index (χ4n) is 4.41. The number of hydrogen-bond acceptors (Lipinski definition) is 4. The van der Waals surface area contributed by atoms with Gasteiger partial charge in [0.2, 0.25) is 5.91 Å². The van der Waals surface area contributed by atoms with E-state index in [0.717, 1.165) is 23.3 Å². The number of ether oxygens (including phenoxy) is 1. The molecule has 6 heteroatoms. The van der Waals surface area contributed by atoms with Crippen LogP contribution >= 0.6 is 0 Å². The molecule has 2 atom stereocenters. The topological polar surface area (TPSA) is 78.9 Å². The Morgan fingerprint density at radius 2 is 2.00 bits per heavy atom. The molecule has 152 valence electrons. The van der Waals surface area contributed by atoms with Gasteiger partial charge in [-0.1, -0.05) is 24.3 Å². The number of carbonyl (C=O) groups excluding carboxylic acids is 2. The van der Waals surface area contributed by atoms with Crippen LogP contribution in [0.5, 0.6) is 5.75 Å². The average Bonchev–Trinajstić information content (AvgIpc) is 2.77. The molecule has 0 unspecified atom stereocenters. The van der Waals surface area contributed by atoms with Crippen LogP contribution in [-0.2, 0) is 4.79 Å². The maximum Gasteiger partial charge on any atom is 0.253 e. The van der Waals surface area contributed by atoms with Crippen molar-refractivity contribution < 1.29 is 19.4 Å². The molecule has 2 amide bonds. The second-order valence-electron chi connectivity index (χ2n) is 7.86. The number of nitrogens with one attached hydrogen (secondary N) is 1. The quantitative estimate of drug-likeness (QED) is 0.838. The van der Waals surface area contributed by atoms with Gasteiger partial charge >= 0.3 is 0 Å². The standard InChI is InChI=1S/C23H26N2O4/c1-29-19-5-2-4-18(14-19)16-6-8-17(9-7-16)21(27)25-13-10-20(26)23(15-25)11-3-12-24-22(23)28/h2,4-9,14,20,26H,3,10-13,15H2,1H3,(H,24,28)/t20-,23+/m0/s1. The molecule has 0 saturated carbocycles. The lowest BCUT2D eigenvalue weighted by atomic mass is 9.71. The zero-order valence-corrected chi connectivity index (χ0v) is 16.6. The molecule has 6 nitrogen and oxygen atoms in total. The van der Waals surface area contributed by atoms with Crippen LogP contribution in [0, 0.1) is 5.41 Å². The molecule has 2 heterocycles. The van der Waals surface area contributed by atoms with E-state index in [0.29, 0.717) is 31.5 Å². The van der Waals surface area contributed by atoms with Crippen LogP contribution in [0.1, 0.15) is 29.6 Å². The van der Waals surface area contributed by atoms with Gasteiger partial charge in [0.1, 0.15) is 5.75 Å². The highest BCUT2D eigenvalue weighted by molar-refractivity contribution is 5.95. The third-order valence-corrected chi connectivity index (χ3v) is 6.14. The van der Waals surface area contributed by atoms with Crippen molar-refractivity contribution in [1.82, 2.24) is 10.2 Å². The Morgan fingerprint density at radius 1 is 1.21 bits per heavy atom. The number of aliphatic hydroxyl groups excluding tert-OH is 1. The highest BCUT2D eigenvalue weighted by Gasteiger charge is 2.50. The molecule has 0 aliphatic carbocycles. The van der Waals surface area contributed by atoms with Gasteiger partial charge in [-0.3, -0.25) is 9.59 Å². The first-order valence-electron chi connectivity index (χ1n) is 10.0. The molecule has 0 bridgehead atoms. The molecule has 4 rings (SSSR count). The lowest BCUT2D eigenvalue weighted by Crippen LogP contribution is -2.62. The van der Waals surface area contributed by atoms with Crippen molar-refractivity contribution in [3.8, 4) is 16.9 Å². The first-order valence-corrected chi connectivity index (χ1v) is 10.0. The van der Waals surface area contributed by atoms with Gasteiger partial charge in [-0.05, 0) is 54.7 Å². The van der Waals surface area contributed by atoms with Gasteiger partial charge < -0.3 is 20.1 Å². The third-order valence-electron chi connectivity index (χ3n) is 6.14. The number of hydrogen-bond donors (Lipinski definition) is 2. The van der Waals surface area contributed by atoms with E-state index in [1.54, 1.807) is 12.0 Å². The second-order valence-corrected chi connectivity index (χ2v) is 7.86. The maximum absolute atomic E-state index is 13.1. The number of carbonyl (C=O) groups is 2. The largest absolute Gasteiger partial charge is 0.497 e. The number of likely N-dealkylation sites (tertiary alicyclic amines) is 1. The molecule has 0 aromatic heterocycles. The van der Waals surface area contributed by atoms with E-state index >= 15 is 0 Å². The van der Waals surface area contributed by atoms with E-state index in [9.17, 15) is 14.7 Å². The van der Waals surface area contributed by atoms with Crippen molar-refractivity contribution in [3.05, 3.63) is 54.1 Å². The number of piperidine rings is 2. The van der Waals surface area contributed by atoms with Crippen molar-refractivity contribution in [2.45, 2.75) is 25.4 Å². The number of methoxy groups -OCH3 is 1. The van der Waals surface area contributed by atoms with Crippen molar-refractivity contribution in [2.24, 2.45) is 5.41 Å². The Labute approximate surface area is 170 Å². The van der Waals surface area contributed by atoms with E-state index < -0.39 is 11.5 Å². The minimum Gasteiger partial charge on any atom is -0.497 e. The van der Waals surface area contributed by atoms with Crippen LogP contribution in [0.2, 0.25) is 0 Å². The summed E-state index contributed by atoms with van der Waals surface area (Å²) in [6, 6.07) is 15.2. The summed E-state index contributed by atoms with van der Waals surface area (Å²) < 4.78 is 5.28. The number of benzene rings is 2.